The first-order valence-electron chi connectivity index (χ1n) is 8.06. The highest BCUT2D eigenvalue weighted by Crippen LogP contribution is 2.30. The zero-order valence-corrected chi connectivity index (χ0v) is 13.4. The average Bonchev–Trinajstić information content (AvgIpc) is 2.85. The Morgan fingerprint density at radius 3 is 2.43 bits per heavy atom. The maximum atomic E-state index is 6.06. The summed E-state index contributed by atoms with van der Waals surface area (Å²) in [4.78, 5) is 0. The van der Waals surface area contributed by atoms with E-state index in [0.717, 1.165) is 17.5 Å². The van der Waals surface area contributed by atoms with Gasteiger partial charge in [0.1, 0.15) is 0 Å². The first-order chi connectivity index (χ1) is 10.1. The third kappa shape index (κ3) is 3.87. The Balaban J connectivity index is 2.16. The number of hydrogen-bond donors (Lipinski definition) is 2. The molecule has 1 aromatic carbocycles. The highest BCUT2D eigenvalue weighted by molar-refractivity contribution is 5.76. The molecule has 0 aliphatic carbocycles. The molecule has 1 heterocycles. The number of aryl methyl sites for hydroxylation is 1. The minimum Gasteiger partial charge on any atom is -0.382 e. The second-order valence-corrected chi connectivity index (χ2v) is 6.05. The summed E-state index contributed by atoms with van der Waals surface area (Å²) in [6.45, 7) is 6.65. The molecule has 3 heteroatoms. The second-order valence-electron chi connectivity index (χ2n) is 6.05. The molecule has 0 aliphatic heterocycles. The van der Waals surface area contributed by atoms with Gasteiger partial charge in [-0.2, -0.15) is 5.10 Å². The van der Waals surface area contributed by atoms with Crippen LogP contribution in [0.15, 0.2) is 24.3 Å². The maximum absolute atomic E-state index is 6.06. The van der Waals surface area contributed by atoms with Crippen LogP contribution in [0.3, 0.4) is 0 Å². The Labute approximate surface area is 128 Å². The highest BCUT2D eigenvalue weighted by Gasteiger charge is 2.13. The number of nitrogens with zero attached hydrogens (tertiary/aromatic N) is 1. The van der Waals surface area contributed by atoms with Crippen LogP contribution in [0.5, 0.6) is 0 Å². The molecule has 0 radical (unpaired) electrons. The van der Waals surface area contributed by atoms with Gasteiger partial charge in [0.05, 0.1) is 0 Å². The number of H-pyrrole nitrogens is 1. The quantitative estimate of drug-likeness (QED) is 0.710. The van der Waals surface area contributed by atoms with Crippen molar-refractivity contribution in [3.63, 3.8) is 0 Å². The fourth-order valence-corrected chi connectivity index (χ4v) is 2.66. The molecule has 0 saturated heterocycles. The van der Waals surface area contributed by atoms with E-state index in [2.05, 4.69) is 55.2 Å². The van der Waals surface area contributed by atoms with Crippen LogP contribution in [0.1, 0.15) is 63.6 Å². The van der Waals surface area contributed by atoms with Crippen molar-refractivity contribution in [3.8, 4) is 11.1 Å². The van der Waals surface area contributed by atoms with E-state index in [-0.39, 0.29) is 0 Å². The first-order valence-corrected chi connectivity index (χ1v) is 8.06. The lowest BCUT2D eigenvalue weighted by molar-refractivity contribution is 0.660. The summed E-state index contributed by atoms with van der Waals surface area (Å²) >= 11 is 0. The van der Waals surface area contributed by atoms with Crippen molar-refractivity contribution in [2.45, 2.75) is 58.8 Å². The highest BCUT2D eigenvalue weighted by atomic mass is 15.2. The summed E-state index contributed by atoms with van der Waals surface area (Å²) in [5, 5.41) is 7.31. The molecule has 114 valence electrons. The van der Waals surface area contributed by atoms with Crippen LogP contribution in [0.25, 0.3) is 11.1 Å². The number of hydrogen-bond acceptors (Lipinski definition) is 2. The van der Waals surface area contributed by atoms with Gasteiger partial charge in [0.25, 0.3) is 0 Å². The van der Waals surface area contributed by atoms with Gasteiger partial charge in [0.15, 0.2) is 5.82 Å². The minimum absolute atomic E-state index is 0.550. The van der Waals surface area contributed by atoms with Crippen molar-refractivity contribution < 1.29 is 0 Å². The van der Waals surface area contributed by atoms with Gasteiger partial charge in [-0.1, -0.05) is 64.3 Å². The van der Waals surface area contributed by atoms with Gasteiger partial charge in [0, 0.05) is 11.3 Å². The molecule has 21 heavy (non-hydrogen) atoms. The molecule has 0 spiro atoms. The van der Waals surface area contributed by atoms with Crippen LogP contribution in [0.2, 0.25) is 0 Å². The van der Waals surface area contributed by atoms with Crippen molar-refractivity contribution in [3.05, 3.63) is 35.5 Å². The zero-order chi connectivity index (χ0) is 15.2. The van der Waals surface area contributed by atoms with Crippen molar-refractivity contribution in [1.29, 1.82) is 0 Å². The number of benzene rings is 1. The van der Waals surface area contributed by atoms with Crippen molar-refractivity contribution in [2.75, 3.05) is 5.73 Å². The molecule has 3 nitrogen and oxygen atoms in total. The van der Waals surface area contributed by atoms with Gasteiger partial charge in [-0.05, 0) is 29.9 Å². The van der Waals surface area contributed by atoms with E-state index in [1.54, 1.807) is 0 Å². The van der Waals surface area contributed by atoms with Crippen LogP contribution in [-0.2, 0) is 6.42 Å². The summed E-state index contributed by atoms with van der Waals surface area (Å²) in [5.74, 6) is 1.16. The van der Waals surface area contributed by atoms with Crippen LogP contribution in [0.4, 0.5) is 5.82 Å². The molecule has 0 fully saturated rings. The Hall–Kier alpha value is -1.77. The molecule has 3 N–H and O–H groups in total. The molecule has 1 aromatic heterocycles. The molecule has 2 rings (SSSR count). The predicted octanol–water partition coefficient (Wildman–Crippen LogP) is 4.91. The van der Waals surface area contributed by atoms with Gasteiger partial charge in [-0.3, -0.25) is 5.10 Å². The van der Waals surface area contributed by atoms with Gasteiger partial charge in [0.2, 0.25) is 0 Å². The monoisotopic (exact) mass is 285 g/mol. The Bertz CT molecular complexity index is 552. The molecule has 0 saturated carbocycles. The van der Waals surface area contributed by atoms with E-state index >= 15 is 0 Å². The lowest BCUT2D eigenvalue weighted by Gasteiger charge is -2.08. The summed E-state index contributed by atoms with van der Waals surface area (Å²) < 4.78 is 0. The lowest BCUT2D eigenvalue weighted by atomic mass is 9.97. The Morgan fingerprint density at radius 1 is 1.10 bits per heavy atom. The van der Waals surface area contributed by atoms with E-state index in [0.29, 0.717) is 11.7 Å². The van der Waals surface area contributed by atoms with Crippen LogP contribution >= 0.6 is 0 Å². The van der Waals surface area contributed by atoms with Crippen LogP contribution < -0.4 is 5.73 Å². The number of aromatic nitrogens is 2. The number of nitrogens with two attached hydrogens (primary N) is 1. The Morgan fingerprint density at radius 2 is 1.81 bits per heavy atom. The standard InChI is InChI=1S/C18H27N3/c1-4-5-6-7-8-16-17(18(19)21-20-16)15-11-9-14(10-12-15)13(2)3/h9-13H,4-8H2,1-3H3,(H3,19,20,21). The normalized spacial score (nSPS) is 11.2. The van der Waals surface area contributed by atoms with Crippen LogP contribution in [0, 0.1) is 0 Å². The average molecular weight is 285 g/mol. The van der Waals surface area contributed by atoms with Gasteiger partial charge in [-0.25, -0.2) is 0 Å². The molecular formula is C18H27N3. The second kappa shape index (κ2) is 7.30. The molecule has 0 amide bonds. The number of unbranched alkanes of at least 4 members (excludes halogenated alkanes) is 3. The molecule has 0 unspecified atom stereocenters. The topological polar surface area (TPSA) is 54.7 Å². The van der Waals surface area contributed by atoms with Gasteiger partial charge in [-0.15, -0.1) is 0 Å². The first kappa shape index (κ1) is 15.6. The number of aromatic amines is 1. The zero-order valence-electron chi connectivity index (χ0n) is 13.4. The number of nitrogens with one attached hydrogen (secondary N) is 1. The SMILES string of the molecule is CCCCCCc1[nH]nc(N)c1-c1ccc(C(C)C)cc1. The summed E-state index contributed by atoms with van der Waals surface area (Å²) in [7, 11) is 0. The summed E-state index contributed by atoms with van der Waals surface area (Å²) in [6.07, 6.45) is 6.02. The summed E-state index contributed by atoms with van der Waals surface area (Å²) in [6, 6.07) is 8.69. The van der Waals surface area contributed by atoms with E-state index in [1.165, 1.54) is 36.9 Å². The Kier molecular flexibility index (Phi) is 5.43. The maximum Gasteiger partial charge on any atom is 0.153 e. The number of anilines is 1. The molecule has 0 atom stereocenters. The predicted molar refractivity (Wildman–Crippen MR) is 90.4 cm³/mol. The van der Waals surface area contributed by atoms with Gasteiger partial charge >= 0.3 is 0 Å². The molecular weight excluding hydrogens is 258 g/mol. The summed E-state index contributed by atoms with van der Waals surface area (Å²) in [5.41, 5.74) is 10.8. The van der Waals surface area contributed by atoms with Crippen LogP contribution in [-0.4, -0.2) is 10.2 Å². The van der Waals surface area contributed by atoms with Crippen molar-refractivity contribution in [2.24, 2.45) is 0 Å². The van der Waals surface area contributed by atoms with Gasteiger partial charge < -0.3 is 5.73 Å². The number of rotatable bonds is 7. The fraction of sp³-hybridized carbons (Fsp3) is 0.500. The van der Waals surface area contributed by atoms with Crippen molar-refractivity contribution >= 4 is 5.82 Å². The van der Waals surface area contributed by atoms with Crippen molar-refractivity contribution in [1.82, 2.24) is 10.2 Å². The van der Waals surface area contributed by atoms with E-state index in [1.807, 2.05) is 0 Å². The third-order valence-electron chi connectivity index (χ3n) is 4.02. The number of nitrogen functional groups attached to an aromatic ring is 1. The molecule has 2 aromatic rings. The van der Waals surface area contributed by atoms with E-state index < -0.39 is 0 Å². The molecule has 0 bridgehead atoms. The van der Waals surface area contributed by atoms with E-state index in [9.17, 15) is 0 Å². The third-order valence-corrected chi connectivity index (χ3v) is 4.02. The lowest BCUT2D eigenvalue weighted by Crippen LogP contribution is -1.93. The van der Waals surface area contributed by atoms with E-state index in [4.69, 9.17) is 5.73 Å². The fourth-order valence-electron chi connectivity index (χ4n) is 2.66. The largest absolute Gasteiger partial charge is 0.382 e. The molecule has 0 aliphatic rings. The minimum atomic E-state index is 0.550. The smallest absolute Gasteiger partial charge is 0.153 e.